The molecule has 4 aromatic carbocycles. The molecular weight excluding hydrogens is 644 g/mol. The van der Waals surface area contributed by atoms with Crippen LogP contribution in [0.5, 0.6) is 11.5 Å². The Hall–Kier alpha value is -3.85. The highest BCUT2D eigenvalue weighted by molar-refractivity contribution is 9.10. The van der Waals surface area contributed by atoms with E-state index in [1.165, 1.54) is 0 Å². The van der Waals surface area contributed by atoms with E-state index in [1.807, 2.05) is 97.1 Å². The lowest BCUT2D eigenvalue weighted by molar-refractivity contribution is -0.128. The van der Waals surface area contributed by atoms with Gasteiger partial charge in [-0.3, -0.25) is 4.79 Å². The number of methoxy groups -OCH3 is 1. The molecule has 1 aliphatic rings. The first-order valence-electron chi connectivity index (χ1n) is 14.4. The number of carbonyl (C=O) groups excluding carboxylic acids is 1. The third-order valence-electron chi connectivity index (χ3n) is 7.48. The van der Waals surface area contributed by atoms with Gasteiger partial charge in [0.2, 0.25) is 5.90 Å². The summed E-state index contributed by atoms with van der Waals surface area (Å²) in [6, 6.07) is 30.4. The largest absolute Gasteiger partial charge is 0.497 e. The first-order valence-corrected chi connectivity index (χ1v) is 15.6. The Kier molecular flexibility index (Phi) is 10.6. The van der Waals surface area contributed by atoms with Gasteiger partial charge in [-0.2, -0.15) is 0 Å². The lowest BCUT2D eigenvalue weighted by atomic mass is 9.82. The van der Waals surface area contributed by atoms with E-state index in [2.05, 4.69) is 21.2 Å². The van der Waals surface area contributed by atoms with Crippen LogP contribution in [0.3, 0.4) is 0 Å². The lowest BCUT2D eigenvalue weighted by Crippen LogP contribution is -2.50. The zero-order valence-corrected chi connectivity index (χ0v) is 26.7. The summed E-state index contributed by atoms with van der Waals surface area (Å²) >= 11 is 10.1. The van der Waals surface area contributed by atoms with Crippen molar-refractivity contribution < 1.29 is 24.1 Å². The van der Waals surface area contributed by atoms with Gasteiger partial charge in [-0.05, 0) is 71.6 Å². The molecule has 1 aliphatic heterocycles. The summed E-state index contributed by atoms with van der Waals surface area (Å²) in [4.78, 5) is 19.6. The minimum atomic E-state index is -1.34. The third kappa shape index (κ3) is 7.26. The highest BCUT2D eigenvalue weighted by Gasteiger charge is 2.53. The smallest absolute Gasteiger partial charge is 0.252 e. The zero-order valence-electron chi connectivity index (χ0n) is 24.3. The number of amides is 1. The zero-order chi connectivity index (χ0) is 30.9. The molecule has 2 atom stereocenters. The van der Waals surface area contributed by atoms with Crippen molar-refractivity contribution in [3.05, 3.63) is 129 Å². The van der Waals surface area contributed by atoms with Gasteiger partial charge in [0.1, 0.15) is 11.5 Å². The molecule has 2 N–H and O–H groups in total. The molecule has 0 saturated carbocycles. The first-order chi connectivity index (χ1) is 21.4. The number of aliphatic hydroxyl groups is 1. The molecule has 9 heteroatoms. The number of nitrogens with zero attached hydrogens (tertiary/aromatic N) is 1. The molecule has 228 valence electrons. The van der Waals surface area contributed by atoms with Crippen molar-refractivity contribution in [2.45, 2.75) is 30.9 Å². The van der Waals surface area contributed by atoms with Gasteiger partial charge in [0.15, 0.2) is 11.6 Å². The van der Waals surface area contributed by atoms with E-state index in [4.69, 9.17) is 35.9 Å². The van der Waals surface area contributed by atoms with E-state index in [1.54, 1.807) is 7.11 Å². The SMILES string of the molecule is COc1cccc([C@H]2OC(c3ccc(OCCCO)cc3)=N[C@@]2(Cc2ccccc2Br)C(=O)NCCc2ccccc2Cl)c1. The summed E-state index contributed by atoms with van der Waals surface area (Å²) in [5.74, 6) is 1.42. The Bertz CT molecular complexity index is 1610. The van der Waals surface area contributed by atoms with E-state index in [0.29, 0.717) is 54.0 Å². The van der Waals surface area contributed by atoms with Gasteiger partial charge in [-0.25, -0.2) is 4.99 Å². The van der Waals surface area contributed by atoms with Gasteiger partial charge in [0.05, 0.1) is 13.7 Å². The Balaban J connectivity index is 1.54. The second-order valence-corrected chi connectivity index (χ2v) is 11.7. The van der Waals surface area contributed by atoms with E-state index >= 15 is 0 Å². The molecule has 7 nitrogen and oxygen atoms in total. The fourth-order valence-corrected chi connectivity index (χ4v) is 5.84. The van der Waals surface area contributed by atoms with E-state index in [9.17, 15) is 4.79 Å². The number of halogens is 2. The van der Waals surface area contributed by atoms with Crippen LogP contribution in [0.1, 0.15) is 34.8 Å². The standard InChI is InChI=1S/C35H34BrClN2O5/c1-42-29-11-6-10-26(22-29)32-35(23-27-9-2-4-12-30(27)36,34(41)38-19-18-24-8-3-5-13-31(24)37)39-33(44-32)25-14-16-28(17-15-25)43-21-7-20-40/h2-6,8-17,22,32,40H,7,18-21,23H2,1H3,(H,38,41)/t32-,35-/m1/s1. The van der Waals surface area contributed by atoms with Gasteiger partial charge in [0, 0.05) is 41.1 Å². The fourth-order valence-electron chi connectivity index (χ4n) is 5.18. The van der Waals surface area contributed by atoms with E-state index < -0.39 is 11.6 Å². The molecule has 0 bridgehead atoms. The number of hydrogen-bond donors (Lipinski definition) is 2. The van der Waals surface area contributed by atoms with Crippen LogP contribution in [-0.4, -0.2) is 49.3 Å². The van der Waals surface area contributed by atoms with Gasteiger partial charge < -0.3 is 24.6 Å². The minimum Gasteiger partial charge on any atom is -0.497 e. The maximum absolute atomic E-state index is 14.5. The van der Waals surface area contributed by atoms with Crippen LogP contribution in [0.2, 0.25) is 5.02 Å². The second-order valence-electron chi connectivity index (χ2n) is 10.4. The second kappa shape index (κ2) is 14.8. The van der Waals surface area contributed by atoms with Gasteiger partial charge in [-0.1, -0.05) is 76.1 Å². The molecule has 1 amide bonds. The summed E-state index contributed by atoms with van der Waals surface area (Å²) in [5.41, 5.74) is 2.00. The normalized spacial score (nSPS) is 17.5. The van der Waals surface area contributed by atoms with Crippen molar-refractivity contribution in [3.8, 4) is 11.5 Å². The highest BCUT2D eigenvalue weighted by atomic mass is 79.9. The molecule has 44 heavy (non-hydrogen) atoms. The molecule has 0 aliphatic carbocycles. The average Bonchev–Trinajstić information content (AvgIpc) is 3.44. The van der Waals surface area contributed by atoms with E-state index in [-0.39, 0.29) is 18.9 Å². The molecule has 0 radical (unpaired) electrons. The van der Waals surface area contributed by atoms with Crippen molar-refractivity contribution in [1.82, 2.24) is 5.32 Å². The van der Waals surface area contributed by atoms with Crippen LogP contribution < -0.4 is 14.8 Å². The van der Waals surface area contributed by atoms with E-state index in [0.717, 1.165) is 21.2 Å². The molecule has 0 fully saturated rings. The van der Waals surface area contributed by atoms with Gasteiger partial charge >= 0.3 is 0 Å². The fraction of sp³-hybridized carbons (Fsp3) is 0.257. The predicted octanol–water partition coefficient (Wildman–Crippen LogP) is 6.73. The molecule has 1 heterocycles. The monoisotopic (exact) mass is 676 g/mol. The maximum atomic E-state index is 14.5. The Morgan fingerprint density at radius 2 is 1.75 bits per heavy atom. The maximum Gasteiger partial charge on any atom is 0.252 e. The quantitative estimate of drug-likeness (QED) is 0.153. The Morgan fingerprint density at radius 1 is 1.00 bits per heavy atom. The summed E-state index contributed by atoms with van der Waals surface area (Å²) in [6.07, 6.45) is 0.638. The molecule has 0 spiro atoms. The van der Waals surface area contributed by atoms with Crippen LogP contribution in [0.25, 0.3) is 0 Å². The van der Waals surface area contributed by atoms with Gasteiger partial charge in [0.25, 0.3) is 5.91 Å². The number of nitrogens with one attached hydrogen (secondary N) is 1. The molecule has 0 saturated heterocycles. The van der Waals surface area contributed by atoms with Crippen LogP contribution >= 0.6 is 27.5 Å². The predicted molar refractivity (Wildman–Crippen MR) is 176 cm³/mol. The van der Waals surface area contributed by atoms with Crippen LogP contribution in [-0.2, 0) is 22.4 Å². The summed E-state index contributed by atoms with van der Waals surface area (Å²) in [6.45, 7) is 0.846. The molecule has 5 rings (SSSR count). The van der Waals surface area contributed by atoms with Crippen LogP contribution in [0.15, 0.2) is 107 Å². The number of hydrogen-bond acceptors (Lipinski definition) is 6. The average molecular weight is 678 g/mol. The summed E-state index contributed by atoms with van der Waals surface area (Å²) < 4.78 is 18.7. The van der Waals surface area contributed by atoms with Crippen LogP contribution in [0, 0.1) is 0 Å². The minimum absolute atomic E-state index is 0.0639. The van der Waals surface area contributed by atoms with Crippen molar-refractivity contribution >= 4 is 39.3 Å². The topological polar surface area (TPSA) is 89.4 Å². The van der Waals surface area contributed by atoms with Gasteiger partial charge in [-0.15, -0.1) is 0 Å². The van der Waals surface area contributed by atoms with Crippen molar-refractivity contribution in [2.24, 2.45) is 4.99 Å². The van der Waals surface area contributed by atoms with Crippen molar-refractivity contribution in [1.29, 1.82) is 0 Å². The molecular formula is C35H34BrClN2O5. The van der Waals surface area contributed by atoms with Crippen molar-refractivity contribution in [2.75, 3.05) is 26.9 Å². The summed E-state index contributed by atoms with van der Waals surface area (Å²) in [7, 11) is 1.61. The highest BCUT2D eigenvalue weighted by Crippen LogP contribution is 2.44. The van der Waals surface area contributed by atoms with Crippen LogP contribution in [0.4, 0.5) is 0 Å². The molecule has 0 unspecified atom stereocenters. The number of rotatable bonds is 13. The summed E-state index contributed by atoms with van der Waals surface area (Å²) in [5, 5.41) is 12.9. The molecule has 0 aromatic heterocycles. The lowest BCUT2D eigenvalue weighted by Gasteiger charge is -2.31. The first kappa shape index (κ1) is 31.6. The van der Waals surface area contributed by atoms with Crippen molar-refractivity contribution in [3.63, 3.8) is 0 Å². The Labute approximate surface area is 271 Å². The number of aliphatic hydroxyl groups excluding tert-OH is 1. The number of carbonyl (C=O) groups is 1. The number of ether oxygens (including phenoxy) is 3. The number of aliphatic imine (C=N–C) groups is 1. The Morgan fingerprint density at radius 3 is 2.48 bits per heavy atom. The molecule has 4 aromatic rings. The third-order valence-corrected chi connectivity index (χ3v) is 8.62. The number of benzene rings is 4.